The minimum atomic E-state index is -1.30. The highest BCUT2D eigenvalue weighted by Gasteiger charge is 2.16. The Bertz CT molecular complexity index is 1190. The Morgan fingerprint density at radius 3 is 2.07 bits per heavy atom. The van der Waals surface area contributed by atoms with E-state index in [9.17, 15) is 4.39 Å². The molecular formula is C27H26FNSi. The minimum Gasteiger partial charge on any atom is -0.256 e. The van der Waals surface area contributed by atoms with E-state index >= 15 is 0 Å². The van der Waals surface area contributed by atoms with E-state index < -0.39 is 8.07 Å². The Hall–Kier alpha value is -3.04. The number of aryl methyl sites for hydroxylation is 1. The first-order valence-corrected chi connectivity index (χ1v) is 13.8. The molecule has 0 amide bonds. The summed E-state index contributed by atoms with van der Waals surface area (Å²) in [5, 5.41) is 1.46. The van der Waals surface area contributed by atoms with Crippen LogP contribution in [-0.4, -0.2) is 13.1 Å². The summed E-state index contributed by atoms with van der Waals surface area (Å²) in [6.45, 7) is 9.20. The number of hydrogen-bond acceptors (Lipinski definition) is 1. The van der Waals surface area contributed by atoms with Crippen LogP contribution in [0, 0.1) is 12.7 Å². The van der Waals surface area contributed by atoms with Gasteiger partial charge in [0.05, 0.1) is 13.8 Å². The molecule has 0 atom stereocenters. The fourth-order valence-electron chi connectivity index (χ4n) is 3.71. The lowest BCUT2D eigenvalue weighted by Crippen LogP contribution is -2.37. The molecule has 0 fully saturated rings. The van der Waals surface area contributed by atoms with Crippen LogP contribution in [0.3, 0.4) is 0 Å². The van der Waals surface area contributed by atoms with Crippen molar-refractivity contribution >= 4 is 13.3 Å². The van der Waals surface area contributed by atoms with E-state index in [-0.39, 0.29) is 5.82 Å². The molecule has 0 aliphatic rings. The van der Waals surface area contributed by atoms with Gasteiger partial charge in [0, 0.05) is 22.9 Å². The third-order valence-corrected chi connectivity index (χ3v) is 7.58. The predicted octanol–water partition coefficient (Wildman–Crippen LogP) is 7.08. The molecule has 0 N–H and O–H groups in total. The van der Waals surface area contributed by atoms with Crippen molar-refractivity contribution in [3.05, 3.63) is 96.4 Å². The van der Waals surface area contributed by atoms with E-state index in [0.29, 0.717) is 5.56 Å². The third kappa shape index (κ3) is 4.12. The summed E-state index contributed by atoms with van der Waals surface area (Å²) in [5.74, 6) is -0.212. The van der Waals surface area contributed by atoms with Crippen LogP contribution >= 0.6 is 0 Å². The molecule has 4 aromatic rings. The third-order valence-electron chi connectivity index (χ3n) is 5.52. The lowest BCUT2D eigenvalue weighted by Gasteiger charge is -2.17. The van der Waals surface area contributed by atoms with E-state index in [2.05, 4.69) is 56.9 Å². The SMILES string of the molecule is Cc1cc(-c2cccc(-c3ccccc3F)c2)ncc1-c1ccc([Si](C)(C)C)cc1. The second kappa shape index (κ2) is 8.00. The van der Waals surface area contributed by atoms with Gasteiger partial charge >= 0.3 is 0 Å². The van der Waals surface area contributed by atoms with Gasteiger partial charge in [0.2, 0.25) is 0 Å². The van der Waals surface area contributed by atoms with Crippen LogP contribution in [0.15, 0.2) is 85.1 Å². The van der Waals surface area contributed by atoms with Crippen LogP contribution in [0.5, 0.6) is 0 Å². The zero-order chi connectivity index (χ0) is 21.3. The lowest BCUT2D eigenvalue weighted by molar-refractivity contribution is 0.631. The van der Waals surface area contributed by atoms with E-state index in [4.69, 9.17) is 4.98 Å². The Kier molecular flexibility index (Phi) is 5.40. The van der Waals surface area contributed by atoms with Crippen molar-refractivity contribution in [1.82, 2.24) is 4.98 Å². The molecule has 0 saturated carbocycles. The van der Waals surface area contributed by atoms with Crippen molar-refractivity contribution in [3.63, 3.8) is 0 Å². The Morgan fingerprint density at radius 2 is 1.40 bits per heavy atom. The molecule has 150 valence electrons. The average Bonchev–Trinajstić information content (AvgIpc) is 2.73. The fraction of sp³-hybridized carbons (Fsp3) is 0.148. The fourth-order valence-corrected chi connectivity index (χ4v) is 4.87. The van der Waals surface area contributed by atoms with Crippen molar-refractivity contribution in [3.8, 4) is 33.5 Å². The van der Waals surface area contributed by atoms with Crippen LogP contribution in [-0.2, 0) is 0 Å². The summed E-state index contributed by atoms with van der Waals surface area (Å²) < 4.78 is 14.2. The van der Waals surface area contributed by atoms with Crippen LogP contribution in [0.25, 0.3) is 33.5 Å². The molecule has 4 rings (SSSR count). The first-order valence-electron chi connectivity index (χ1n) is 10.3. The van der Waals surface area contributed by atoms with Crippen LogP contribution in [0.4, 0.5) is 4.39 Å². The van der Waals surface area contributed by atoms with E-state index in [1.54, 1.807) is 12.1 Å². The first-order chi connectivity index (χ1) is 14.3. The lowest BCUT2D eigenvalue weighted by atomic mass is 9.98. The first kappa shape index (κ1) is 20.2. The van der Waals surface area contributed by atoms with Crippen LogP contribution in [0.1, 0.15) is 5.56 Å². The van der Waals surface area contributed by atoms with Gasteiger partial charge in [0.25, 0.3) is 0 Å². The zero-order valence-electron chi connectivity index (χ0n) is 17.9. The number of benzene rings is 3. The highest BCUT2D eigenvalue weighted by atomic mass is 28.3. The molecule has 1 nitrogen and oxygen atoms in total. The van der Waals surface area contributed by atoms with Gasteiger partial charge in [-0.15, -0.1) is 0 Å². The smallest absolute Gasteiger partial charge is 0.131 e. The van der Waals surface area contributed by atoms with Gasteiger partial charge in [-0.3, -0.25) is 4.98 Å². The van der Waals surface area contributed by atoms with Crippen LogP contribution in [0.2, 0.25) is 19.6 Å². The Labute approximate surface area is 179 Å². The number of hydrogen-bond donors (Lipinski definition) is 0. The summed E-state index contributed by atoms with van der Waals surface area (Å²) in [6, 6.07) is 25.8. The Balaban J connectivity index is 1.67. The summed E-state index contributed by atoms with van der Waals surface area (Å²) in [4.78, 5) is 4.73. The maximum absolute atomic E-state index is 14.2. The molecule has 1 aromatic heterocycles. The zero-order valence-corrected chi connectivity index (χ0v) is 18.9. The topological polar surface area (TPSA) is 12.9 Å². The molecule has 0 bridgehead atoms. The minimum absolute atomic E-state index is 0.212. The number of rotatable bonds is 4. The van der Waals surface area contributed by atoms with E-state index in [1.807, 2.05) is 36.5 Å². The van der Waals surface area contributed by atoms with Crippen molar-refractivity contribution in [2.45, 2.75) is 26.6 Å². The molecular weight excluding hydrogens is 385 g/mol. The highest BCUT2D eigenvalue weighted by molar-refractivity contribution is 6.88. The maximum Gasteiger partial charge on any atom is 0.131 e. The molecule has 0 aliphatic heterocycles. The highest BCUT2D eigenvalue weighted by Crippen LogP contribution is 2.30. The largest absolute Gasteiger partial charge is 0.256 e. The molecule has 0 spiro atoms. The van der Waals surface area contributed by atoms with Gasteiger partial charge < -0.3 is 0 Å². The second-order valence-corrected chi connectivity index (χ2v) is 13.8. The molecule has 0 aliphatic carbocycles. The van der Waals surface area contributed by atoms with Crippen LogP contribution < -0.4 is 5.19 Å². The summed E-state index contributed by atoms with van der Waals surface area (Å²) in [7, 11) is -1.30. The normalized spacial score (nSPS) is 11.5. The second-order valence-electron chi connectivity index (χ2n) is 8.77. The maximum atomic E-state index is 14.2. The quantitative estimate of drug-likeness (QED) is 0.327. The summed E-state index contributed by atoms with van der Waals surface area (Å²) in [5.41, 5.74) is 6.86. The van der Waals surface area contributed by atoms with Gasteiger partial charge in [-0.1, -0.05) is 85.5 Å². The van der Waals surface area contributed by atoms with Crippen molar-refractivity contribution < 1.29 is 4.39 Å². The van der Waals surface area contributed by atoms with Gasteiger partial charge in [-0.25, -0.2) is 4.39 Å². The van der Waals surface area contributed by atoms with Gasteiger partial charge in [-0.2, -0.15) is 0 Å². The number of nitrogens with zero attached hydrogens (tertiary/aromatic N) is 1. The predicted molar refractivity (Wildman–Crippen MR) is 128 cm³/mol. The molecule has 3 heteroatoms. The summed E-state index contributed by atoms with van der Waals surface area (Å²) in [6.07, 6.45) is 1.95. The number of pyridine rings is 1. The van der Waals surface area contributed by atoms with Crippen molar-refractivity contribution in [1.29, 1.82) is 0 Å². The standard InChI is InChI=1S/C27H26FNSi/c1-19-16-27(22-9-7-8-21(17-22)24-10-5-6-11-26(24)28)29-18-25(19)20-12-14-23(15-13-20)30(2,3)4/h5-18H,1-4H3. The van der Waals surface area contributed by atoms with Gasteiger partial charge in [0.1, 0.15) is 5.82 Å². The average molecular weight is 412 g/mol. The monoisotopic (exact) mass is 411 g/mol. The molecule has 0 unspecified atom stereocenters. The molecule has 0 saturated heterocycles. The van der Waals surface area contributed by atoms with E-state index in [0.717, 1.165) is 22.4 Å². The van der Waals surface area contributed by atoms with Gasteiger partial charge in [0.15, 0.2) is 0 Å². The van der Waals surface area contributed by atoms with Gasteiger partial charge in [-0.05, 0) is 41.8 Å². The molecule has 0 radical (unpaired) electrons. The molecule has 1 heterocycles. The Morgan fingerprint density at radius 1 is 0.700 bits per heavy atom. The van der Waals surface area contributed by atoms with Crippen molar-refractivity contribution in [2.75, 3.05) is 0 Å². The number of aromatic nitrogens is 1. The van der Waals surface area contributed by atoms with Crippen molar-refractivity contribution in [2.24, 2.45) is 0 Å². The van der Waals surface area contributed by atoms with E-state index in [1.165, 1.54) is 22.4 Å². The number of halogens is 1. The molecule has 30 heavy (non-hydrogen) atoms. The molecule has 3 aromatic carbocycles. The summed E-state index contributed by atoms with van der Waals surface area (Å²) >= 11 is 0.